The first-order valence-electron chi connectivity index (χ1n) is 11.1. The van der Waals surface area contributed by atoms with Gasteiger partial charge in [-0.3, -0.25) is 14.7 Å². The molecule has 12 nitrogen and oxygen atoms in total. The lowest BCUT2D eigenvalue weighted by molar-refractivity contribution is -0.322. The van der Waals surface area contributed by atoms with E-state index in [0.717, 1.165) is 6.42 Å². The van der Waals surface area contributed by atoms with E-state index in [1.54, 1.807) is 62.3 Å². The highest BCUT2D eigenvalue weighted by molar-refractivity contribution is 5.61. The van der Waals surface area contributed by atoms with Crippen molar-refractivity contribution in [3.05, 3.63) is 0 Å². The monoisotopic (exact) mass is 496 g/mol. The lowest BCUT2D eigenvalue weighted by atomic mass is 10.1. The van der Waals surface area contributed by atoms with Gasteiger partial charge in [0.05, 0.1) is 0 Å². The van der Waals surface area contributed by atoms with Gasteiger partial charge in [-0.15, -0.1) is 0 Å². The van der Waals surface area contributed by atoms with E-state index in [1.165, 1.54) is 0 Å². The minimum absolute atomic E-state index is 0.246. The van der Waals surface area contributed by atoms with E-state index in [4.69, 9.17) is 28.9 Å². The minimum atomic E-state index is -1.29. The Morgan fingerprint density at radius 2 is 1.00 bits per heavy atom. The summed E-state index contributed by atoms with van der Waals surface area (Å²) in [7, 11) is 0. The molecule has 0 saturated carbocycles. The Morgan fingerprint density at radius 3 is 1.38 bits per heavy atom. The molecule has 0 heterocycles. The Bertz CT molecular complexity index is 627. The summed E-state index contributed by atoms with van der Waals surface area (Å²) in [5.41, 5.74) is -2.35. The van der Waals surface area contributed by atoms with Crippen LogP contribution in [-0.2, 0) is 43.5 Å². The molecule has 0 aromatic heterocycles. The van der Waals surface area contributed by atoms with Gasteiger partial charge in [-0.25, -0.2) is 14.4 Å². The summed E-state index contributed by atoms with van der Waals surface area (Å²) in [4.78, 5) is 64.8. The molecule has 0 rings (SSSR count). The molecule has 0 radical (unpaired) electrons. The van der Waals surface area contributed by atoms with Crippen molar-refractivity contribution < 1.29 is 57.9 Å². The maximum atomic E-state index is 12.2. The van der Waals surface area contributed by atoms with E-state index in [2.05, 4.69) is 14.7 Å². The first-order chi connectivity index (χ1) is 15.4. The number of carbonyl (C=O) groups is 3. The summed E-state index contributed by atoms with van der Waals surface area (Å²) in [6.07, 6.45) is -4.37. The molecule has 0 aliphatic carbocycles. The van der Waals surface area contributed by atoms with Crippen molar-refractivity contribution in [2.45, 2.75) is 118 Å². The molecule has 0 spiro atoms. The highest BCUT2D eigenvalue weighted by atomic mass is 17.2. The molecule has 0 aliphatic rings. The van der Waals surface area contributed by atoms with Crippen molar-refractivity contribution in [2.24, 2.45) is 0 Å². The summed E-state index contributed by atoms with van der Waals surface area (Å²) in [5, 5.41) is 0. The topological polar surface area (TPSA) is 134 Å². The fourth-order valence-corrected chi connectivity index (χ4v) is 1.88. The number of hydrogen-bond acceptors (Lipinski definition) is 12. The predicted octanol–water partition coefficient (Wildman–Crippen LogP) is 5.56. The molecule has 0 aliphatic heterocycles. The van der Waals surface area contributed by atoms with E-state index in [1.807, 2.05) is 6.92 Å². The van der Waals surface area contributed by atoms with Crippen LogP contribution in [0, 0.1) is 0 Å². The third-order valence-electron chi connectivity index (χ3n) is 3.20. The fraction of sp³-hybridized carbons (Fsp3) is 0.864. The molecule has 34 heavy (non-hydrogen) atoms. The van der Waals surface area contributed by atoms with Gasteiger partial charge in [0.25, 0.3) is 0 Å². The second kappa shape index (κ2) is 14.2. The molecular formula is C22H40O12. The summed E-state index contributed by atoms with van der Waals surface area (Å²) >= 11 is 0. The summed E-state index contributed by atoms with van der Waals surface area (Å²) < 4.78 is 15.5. The van der Waals surface area contributed by atoms with Crippen LogP contribution in [0.1, 0.15) is 88.5 Å². The van der Waals surface area contributed by atoms with Gasteiger partial charge in [0.1, 0.15) is 29.5 Å². The zero-order valence-electron chi connectivity index (χ0n) is 21.9. The van der Waals surface area contributed by atoms with E-state index >= 15 is 0 Å². The quantitative estimate of drug-likeness (QED) is 0.153. The Balaban J connectivity index is 5.36. The van der Waals surface area contributed by atoms with Crippen LogP contribution in [0.2, 0.25) is 0 Å². The SMILES string of the molecule is CCCCC(OC(=O)OOC(C)(C)C)C(COC(=O)OOC(C)(C)C)OC(=O)OOC(C)(C)C. The van der Waals surface area contributed by atoms with Crippen LogP contribution in [0.4, 0.5) is 14.4 Å². The third kappa shape index (κ3) is 18.2. The van der Waals surface area contributed by atoms with E-state index < -0.39 is 54.1 Å². The zero-order valence-corrected chi connectivity index (χ0v) is 21.9. The van der Waals surface area contributed by atoms with Crippen LogP contribution in [0.25, 0.3) is 0 Å². The maximum absolute atomic E-state index is 12.2. The molecule has 0 saturated heterocycles. The second-order valence-electron chi connectivity index (χ2n) is 10.4. The van der Waals surface area contributed by atoms with Gasteiger partial charge in [-0.05, 0) is 75.2 Å². The highest BCUT2D eigenvalue weighted by Gasteiger charge is 2.33. The second-order valence-corrected chi connectivity index (χ2v) is 10.4. The van der Waals surface area contributed by atoms with Gasteiger partial charge >= 0.3 is 18.5 Å². The first-order valence-corrected chi connectivity index (χ1v) is 11.1. The van der Waals surface area contributed by atoms with Gasteiger partial charge in [0, 0.05) is 0 Å². The lowest BCUT2D eigenvalue weighted by Crippen LogP contribution is -2.40. The molecule has 12 heteroatoms. The van der Waals surface area contributed by atoms with Crippen molar-refractivity contribution >= 4 is 18.5 Å². The number of rotatable bonds is 11. The largest absolute Gasteiger partial charge is 0.541 e. The van der Waals surface area contributed by atoms with Gasteiger partial charge in [-0.1, -0.05) is 13.3 Å². The molecule has 0 fully saturated rings. The smallest absolute Gasteiger partial charge is 0.428 e. The van der Waals surface area contributed by atoms with Crippen molar-refractivity contribution in [2.75, 3.05) is 6.61 Å². The molecule has 0 amide bonds. The fourth-order valence-electron chi connectivity index (χ4n) is 1.88. The van der Waals surface area contributed by atoms with Crippen LogP contribution in [0.5, 0.6) is 0 Å². The van der Waals surface area contributed by atoms with Gasteiger partial charge in [-0.2, -0.15) is 14.7 Å². The average molecular weight is 497 g/mol. The van der Waals surface area contributed by atoms with Crippen molar-refractivity contribution in [1.29, 1.82) is 0 Å². The Morgan fingerprint density at radius 1 is 0.618 bits per heavy atom. The number of unbranched alkanes of at least 4 members (excludes halogenated alkanes) is 1. The number of hydrogen-bond donors (Lipinski definition) is 0. The number of carbonyl (C=O) groups excluding carboxylic acids is 3. The first kappa shape index (κ1) is 31.7. The zero-order chi connectivity index (χ0) is 26.6. The molecule has 2 atom stereocenters. The normalized spacial score (nSPS) is 13.9. The summed E-state index contributed by atoms with van der Waals surface area (Å²) in [5.74, 6) is 0. The van der Waals surface area contributed by atoms with Crippen molar-refractivity contribution in [3.63, 3.8) is 0 Å². The van der Waals surface area contributed by atoms with Crippen molar-refractivity contribution in [3.8, 4) is 0 Å². The summed E-state index contributed by atoms with van der Waals surface area (Å²) in [6, 6.07) is 0. The summed E-state index contributed by atoms with van der Waals surface area (Å²) in [6.45, 7) is 16.3. The van der Waals surface area contributed by atoms with Crippen molar-refractivity contribution in [1.82, 2.24) is 0 Å². The molecule has 0 N–H and O–H groups in total. The Labute approximate surface area is 201 Å². The minimum Gasteiger partial charge on any atom is -0.428 e. The van der Waals surface area contributed by atoms with Crippen LogP contribution in [-0.4, -0.2) is 54.1 Å². The third-order valence-corrected chi connectivity index (χ3v) is 3.20. The van der Waals surface area contributed by atoms with E-state index in [-0.39, 0.29) is 6.42 Å². The Hall–Kier alpha value is -2.31. The molecule has 200 valence electrons. The predicted molar refractivity (Wildman–Crippen MR) is 117 cm³/mol. The van der Waals surface area contributed by atoms with Gasteiger partial charge in [0.15, 0.2) is 6.10 Å². The average Bonchev–Trinajstić information content (AvgIpc) is 2.68. The van der Waals surface area contributed by atoms with Crippen LogP contribution >= 0.6 is 0 Å². The van der Waals surface area contributed by atoms with Gasteiger partial charge in [0.2, 0.25) is 0 Å². The molecule has 0 aromatic rings. The maximum Gasteiger partial charge on any atom is 0.541 e. The standard InChI is InChI=1S/C22H40O12/c1-11-12-13-15(27-18(24)30-33-21(5,6)7)16(28-19(25)31-34-22(8,9)10)14-26-17(23)29-32-20(2,3)4/h15-16H,11-14H2,1-10H3. The molecule has 0 aromatic carbocycles. The van der Waals surface area contributed by atoms with E-state index in [9.17, 15) is 14.4 Å². The molecule has 2 unspecified atom stereocenters. The van der Waals surface area contributed by atoms with E-state index in [0.29, 0.717) is 6.42 Å². The Kier molecular flexibility index (Phi) is 13.2. The van der Waals surface area contributed by atoms with Crippen LogP contribution < -0.4 is 0 Å². The lowest BCUT2D eigenvalue weighted by Gasteiger charge is -2.26. The highest BCUT2D eigenvalue weighted by Crippen LogP contribution is 2.18. The molecule has 0 bridgehead atoms. The molecular weight excluding hydrogens is 456 g/mol. The number of ether oxygens (including phenoxy) is 3. The van der Waals surface area contributed by atoms with Gasteiger partial charge < -0.3 is 14.2 Å². The van der Waals surface area contributed by atoms with Crippen LogP contribution in [0.3, 0.4) is 0 Å². The van der Waals surface area contributed by atoms with Crippen LogP contribution in [0.15, 0.2) is 0 Å².